The zero-order valence-corrected chi connectivity index (χ0v) is 23.2. The van der Waals surface area contributed by atoms with Crippen molar-refractivity contribution in [2.45, 2.75) is 117 Å². The van der Waals surface area contributed by atoms with Gasteiger partial charge < -0.3 is 9.16 Å². The van der Waals surface area contributed by atoms with E-state index in [9.17, 15) is 4.79 Å². The second kappa shape index (κ2) is 9.47. The molecule has 0 bridgehead atoms. The maximum Gasteiger partial charge on any atom is 0.316 e. The average Bonchev–Trinajstić information content (AvgIpc) is 2.89. The molecule has 0 aromatic rings. The molecule has 2 fully saturated rings. The van der Waals surface area contributed by atoms with Crippen molar-refractivity contribution in [1.82, 2.24) is 0 Å². The van der Waals surface area contributed by atoms with E-state index < -0.39 is 13.9 Å². The number of ether oxygens (including phenoxy) is 1. The van der Waals surface area contributed by atoms with Crippen LogP contribution in [0.4, 0.5) is 0 Å². The fraction of sp³-hybridized carbons (Fsp3) is 0.960. The van der Waals surface area contributed by atoms with Crippen molar-refractivity contribution in [3.8, 4) is 0 Å². The van der Waals surface area contributed by atoms with Crippen LogP contribution in [0.25, 0.3) is 0 Å². The van der Waals surface area contributed by atoms with Crippen LogP contribution in [0.2, 0.25) is 18.1 Å². The minimum atomic E-state index is -1.74. The maximum atomic E-state index is 12.1. The van der Waals surface area contributed by atoms with Gasteiger partial charge in [-0.25, -0.2) is 0 Å². The molecule has 2 aliphatic carbocycles. The van der Waals surface area contributed by atoms with Crippen LogP contribution in [0.5, 0.6) is 0 Å². The third kappa shape index (κ3) is 6.28. The quantitative estimate of drug-likeness (QED) is 0.297. The van der Waals surface area contributed by atoms with Gasteiger partial charge in [0.1, 0.15) is 5.60 Å². The van der Waals surface area contributed by atoms with E-state index in [0.717, 1.165) is 11.7 Å². The molecule has 2 saturated carbocycles. The van der Waals surface area contributed by atoms with Crippen molar-refractivity contribution in [1.29, 1.82) is 0 Å². The van der Waals surface area contributed by atoms with E-state index in [2.05, 4.69) is 47.7 Å². The Hall–Kier alpha value is -0.00312. The minimum Gasteiger partial charge on any atom is -0.459 e. The summed E-state index contributed by atoms with van der Waals surface area (Å²) in [5.41, 5.74) is -0.00611. The molecule has 0 amide bonds. The Morgan fingerprint density at radius 3 is 2.33 bits per heavy atom. The Morgan fingerprint density at radius 1 is 1.13 bits per heavy atom. The summed E-state index contributed by atoms with van der Waals surface area (Å²) in [5, 5.41) is 0.268. The Bertz CT molecular complexity index is 592. The summed E-state index contributed by atoms with van der Waals surface area (Å²) in [5.74, 6) is 3.48. The number of esters is 1. The fourth-order valence-corrected chi connectivity index (χ4v) is 7.95. The molecule has 0 spiro atoms. The molecule has 5 atom stereocenters. The summed E-state index contributed by atoms with van der Waals surface area (Å²) in [4.78, 5) is 12.1. The Morgan fingerprint density at radius 2 is 1.77 bits per heavy atom. The van der Waals surface area contributed by atoms with Gasteiger partial charge in [-0.05, 0) is 93.5 Å². The van der Waals surface area contributed by atoms with Crippen molar-refractivity contribution in [2.24, 2.45) is 23.2 Å². The van der Waals surface area contributed by atoms with Crippen molar-refractivity contribution in [3.05, 3.63) is 0 Å². The topological polar surface area (TPSA) is 35.5 Å². The third-order valence-corrected chi connectivity index (χ3v) is 13.8. The van der Waals surface area contributed by atoms with Gasteiger partial charge in [-0.1, -0.05) is 41.0 Å². The highest BCUT2D eigenvalue weighted by atomic mass is 32.2. The molecule has 0 N–H and O–H groups in total. The van der Waals surface area contributed by atoms with Crippen molar-refractivity contribution in [2.75, 3.05) is 11.5 Å². The van der Waals surface area contributed by atoms with E-state index in [1.807, 2.05) is 20.8 Å². The molecule has 3 nitrogen and oxygen atoms in total. The summed E-state index contributed by atoms with van der Waals surface area (Å²) in [6, 6.07) is 0. The van der Waals surface area contributed by atoms with Crippen LogP contribution in [0.1, 0.15) is 87.5 Å². The van der Waals surface area contributed by atoms with Crippen LogP contribution >= 0.6 is 11.8 Å². The van der Waals surface area contributed by atoms with E-state index in [1.165, 1.54) is 32.1 Å². The van der Waals surface area contributed by atoms with Gasteiger partial charge in [0.05, 0.1) is 5.75 Å². The first-order valence-electron chi connectivity index (χ1n) is 12.0. The van der Waals surface area contributed by atoms with Crippen LogP contribution in [0, 0.1) is 23.2 Å². The molecule has 0 heterocycles. The van der Waals surface area contributed by atoms with Crippen molar-refractivity contribution >= 4 is 26.0 Å². The molecule has 176 valence electrons. The summed E-state index contributed by atoms with van der Waals surface area (Å²) < 4.78 is 12.4. The molecule has 2 rings (SSSR count). The first-order chi connectivity index (χ1) is 13.6. The highest BCUT2D eigenvalue weighted by Gasteiger charge is 2.54. The molecule has 30 heavy (non-hydrogen) atoms. The van der Waals surface area contributed by atoms with Gasteiger partial charge >= 0.3 is 5.97 Å². The smallest absolute Gasteiger partial charge is 0.316 e. The van der Waals surface area contributed by atoms with Crippen LogP contribution in [0.15, 0.2) is 0 Å². The van der Waals surface area contributed by atoms with E-state index in [1.54, 1.807) is 11.8 Å². The Balaban J connectivity index is 1.96. The lowest BCUT2D eigenvalue weighted by atomic mass is 9.62. The fourth-order valence-electron chi connectivity index (χ4n) is 5.61. The van der Waals surface area contributed by atoms with E-state index in [4.69, 9.17) is 9.16 Å². The Kier molecular flexibility index (Phi) is 8.28. The lowest BCUT2D eigenvalue weighted by Crippen LogP contribution is -2.50. The molecule has 5 heteroatoms. The number of fused-ring (bicyclic) bond motifs is 1. The van der Waals surface area contributed by atoms with E-state index in [0.29, 0.717) is 29.1 Å². The van der Waals surface area contributed by atoms with Crippen LogP contribution in [-0.2, 0) is 14.0 Å². The average molecular weight is 457 g/mol. The predicted molar refractivity (Wildman–Crippen MR) is 133 cm³/mol. The van der Waals surface area contributed by atoms with Gasteiger partial charge in [0, 0.05) is 6.10 Å². The molecule has 2 aliphatic rings. The molecule has 0 aromatic carbocycles. The molecular formula is C25H48O3SSi. The van der Waals surface area contributed by atoms with Gasteiger partial charge in [-0.2, -0.15) is 0 Å². The number of carbonyl (C=O) groups excluding carboxylic acids is 1. The molecule has 0 aromatic heterocycles. The van der Waals surface area contributed by atoms with Crippen molar-refractivity contribution < 1.29 is 14.0 Å². The zero-order valence-electron chi connectivity index (χ0n) is 21.4. The molecule has 0 saturated heterocycles. The monoisotopic (exact) mass is 456 g/mol. The summed E-state index contributed by atoms with van der Waals surface area (Å²) in [6.07, 6.45) is 6.92. The Labute approximate surface area is 192 Å². The van der Waals surface area contributed by atoms with Gasteiger partial charge in [0.15, 0.2) is 8.32 Å². The lowest BCUT2D eigenvalue weighted by Gasteiger charge is -2.50. The number of hydrogen-bond donors (Lipinski definition) is 0. The third-order valence-electron chi connectivity index (χ3n) is 8.10. The maximum absolute atomic E-state index is 12.1. The van der Waals surface area contributed by atoms with Crippen LogP contribution in [-0.4, -0.2) is 37.5 Å². The van der Waals surface area contributed by atoms with Gasteiger partial charge in [0.25, 0.3) is 0 Å². The molecule has 0 radical (unpaired) electrons. The van der Waals surface area contributed by atoms with Gasteiger partial charge in [0.2, 0.25) is 0 Å². The first kappa shape index (κ1) is 26.3. The number of rotatable bonds is 7. The number of carbonyl (C=O) groups is 1. The second-order valence-electron chi connectivity index (χ2n) is 12.7. The lowest BCUT2D eigenvalue weighted by molar-refractivity contribution is -0.151. The predicted octanol–water partition coefficient (Wildman–Crippen LogP) is 7.30. The normalized spacial score (nSPS) is 31.3. The SMILES string of the molecule is C[C@H](CSCC(=O)OC(C)(C)C)C1CC[C@H]2C(O[Si](C)(C)C(C)(C)C)CCC[C@]12C. The highest BCUT2D eigenvalue weighted by Crippen LogP contribution is 2.59. The van der Waals surface area contributed by atoms with Gasteiger partial charge in [-0.3, -0.25) is 4.79 Å². The number of thioether (sulfide) groups is 1. The highest BCUT2D eigenvalue weighted by molar-refractivity contribution is 7.99. The second-order valence-corrected chi connectivity index (χ2v) is 18.5. The standard InChI is InChI=1S/C25H48O3SSi/c1-18(16-29-17-22(26)27-23(2,3)4)19-13-14-20-21(12-11-15-25(19,20)8)28-30(9,10)24(5,6)7/h18-21H,11-17H2,1-10H3/t18-,19?,20+,21?,25-/m1/s1. The van der Waals surface area contributed by atoms with Crippen molar-refractivity contribution in [3.63, 3.8) is 0 Å². The molecular weight excluding hydrogens is 408 g/mol. The van der Waals surface area contributed by atoms with Gasteiger partial charge in [-0.15, -0.1) is 11.8 Å². The first-order valence-corrected chi connectivity index (χ1v) is 16.1. The van der Waals surface area contributed by atoms with E-state index in [-0.39, 0.29) is 11.0 Å². The molecule has 2 unspecified atom stereocenters. The summed E-state index contributed by atoms with van der Waals surface area (Å²) in [6.45, 7) is 22.6. The summed E-state index contributed by atoms with van der Waals surface area (Å²) in [7, 11) is -1.74. The van der Waals surface area contributed by atoms with E-state index >= 15 is 0 Å². The minimum absolute atomic E-state index is 0.0873. The van der Waals surface area contributed by atoms with Crippen LogP contribution in [0.3, 0.4) is 0 Å². The summed E-state index contributed by atoms with van der Waals surface area (Å²) >= 11 is 1.75. The molecule has 0 aliphatic heterocycles. The van der Waals surface area contributed by atoms with Crippen LogP contribution < -0.4 is 0 Å². The number of hydrogen-bond acceptors (Lipinski definition) is 4. The zero-order chi connectivity index (χ0) is 23.0. The largest absolute Gasteiger partial charge is 0.459 e.